The van der Waals surface area contributed by atoms with Crippen molar-refractivity contribution in [1.82, 2.24) is 9.80 Å². The van der Waals surface area contributed by atoms with Crippen LogP contribution < -0.4 is 10.1 Å². The lowest BCUT2D eigenvalue weighted by Crippen LogP contribution is -2.48. The maximum atomic E-state index is 12.4. The average molecular weight is 457 g/mol. The van der Waals surface area contributed by atoms with Crippen molar-refractivity contribution < 1.29 is 9.53 Å². The van der Waals surface area contributed by atoms with Crippen molar-refractivity contribution in [3.05, 3.63) is 57.0 Å². The number of nitrogens with zero attached hydrogens (tertiary/aromatic N) is 2. The second-order valence-corrected chi connectivity index (χ2v) is 8.17. The van der Waals surface area contributed by atoms with Gasteiger partial charge in [-0.25, -0.2) is 0 Å². The van der Waals surface area contributed by atoms with Crippen molar-refractivity contribution in [3.63, 3.8) is 0 Å². The van der Waals surface area contributed by atoms with Gasteiger partial charge in [0.1, 0.15) is 5.75 Å². The molecule has 0 bridgehead atoms. The number of amides is 1. The van der Waals surface area contributed by atoms with Gasteiger partial charge in [0.2, 0.25) is 5.91 Å². The zero-order valence-corrected chi connectivity index (χ0v) is 18.5. The SMILES string of the molecule is CCOc1ccc(CN2CCN(CC(=O)Nc3c(Cl)cc(Cl)cc3Cl)CC2)cc1. The van der Waals surface area contributed by atoms with Crippen molar-refractivity contribution in [1.29, 1.82) is 0 Å². The molecule has 2 aromatic carbocycles. The fourth-order valence-corrected chi connectivity index (χ4v) is 4.18. The maximum Gasteiger partial charge on any atom is 0.238 e. The number of rotatable bonds is 7. The van der Waals surface area contributed by atoms with Crippen LogP contribution in [0.1, 0.15) is 12.5 Å². The summed E-state index contributed by atoms with van der Waals surface area (Å²) in [6, 6.07) is 11.3. The molecule has 156 valence electrons. The molecule has 0 unspecified atom stereocenters. The summed E-state index contributed by atoms with van der Waals surface area (Å²) in [7, 11) is 0. The first-order valence-electron chi connectivity index (χ1n) is 9.55. The third-order valence-electron chi connectivity index (χ3n) is 4.74. The molecular formula is C21H24Cl3N3O2. The molecule has 1 fully saturated rings. The Hall–Kier alpha value is -1.50. The minimum absolute atomic E-state index is 0.143. The minimum atomic E-state index is -0.143. The summed E-state index contributed by atoms with van der Waals surface area (Å²) in [6.07, 6.45) is 0. The summed E-state index contributed by atoms with van der Waals surface area (Å²) in [5, 5.41) is 3.88. The van der Waals surface area contributed by atoms with Gasteiger partial charge in [-0.3, -0.25) is 14.6 Å². The second kappa shape index (κ2) is 10.5. The van der Waals surface area contributed by atoms with Crippen LogP contribution in [-0.4, -0.2) is 55.0 Å². The highest BCUT2D eigenvalue weighted by Crippen LogP contribution is 2.33. The number of halogens is 3. The number of piperazine rings is 1. The lowest BCUT2D eigenvalue weighted by molar-refractivity contribution is -0.117. The van der Waals surface area contributed by atoms with Gasteiger partial charge >= 0.3 is 0 Å². The molecule has 2 aromatic rings. The van der Waals surface area contributed by atoms with E-state index in [4.69, 9.17) is 39.5 Å². The number of nitrogens with one attached hydrogen (secondary N) is 1. The van der Waals surface area contributed by atoms with E-state index in [-0.39, 0.29) is 5.91 Å². The van der Waals surface area contributed by atoms with Gasteiger partial charge in [-0.15, -0.1) is 0 Å². The number of anilines is 1. The highest BCUT2D eigenvalue weighted by Gasteiger charge is 2.20. The van der Waals surface area contributed by atoms with E-state index in [0.29, 0.717) is 33.9 Å². The Morgan fingerprint density at radius 2 is 1.59 bits per heavy atom. The Bertz CT molecular complexity index is 815. The first kappa shape index (κ1) is 22.2. The van der Waals surface area contributed by atoms with Crippen LogP contribution in [0, 0.1) is 0 Å². The van der Waals surface area contributed by atoms with Crippen LogP contribution in [0.3, 0.4) is 0 Å². The molecule has 1 aliphatic heterocycles. The zero-order valence-electron chi connectivity index (χ0n) is 16.3. The molecule has 0 saturated carbocycles. The summed E-state index contributed by atoms with van der Waals surface area (Å²) in [5.41, 5.74) is 1.66. The van der Waals surface area contributed by atoms with Crippen molar-refractivity contribution in [2.75, 3.05) is 44.6 Å². The summed E-state index contributed by atoms with van der Waals surface area (Å²) in [4.78, 5) is 16.9. The summed E-state index contributed by atoms with van der Waals surface area (Å²) in [5.74, 6) is 0.754. The van der Waals surface area contributed by atoms with Crippen LogP contribution in [0.25, 0.3) is 0 Å². The van der Waals surface area contributed by atoms with Gasteiger partial charge in [0, 0.05) is 37.7 Å². The molecule has 1 amide bonds. The van der Waals surface area contributed by atoms with E-state index in [1.165, 1.54) is 5.56 Å². The molecule has 1 aliphatic rings. The fraction of sp³-hybridized carbons (Fsp3) is 0.381. The van der Waals surface area contributed by atoms with Gasteiger partial charge in [-0.2, -0.15) is 0 Å². The van der Waals surface area contributed by atoms with Gasteiger partial charge in [-0.05, 0) is 36.8 Å². The van der Waals surface area contributed by atoms with Crippen LogP contribution in [0.15, 0.2) is 36.4 Å². The molecule has 29 heavy (non-hydrogen) atoms. The van der Waals surface area contributed by atoms with Crippen LogP contribution >= 0.6 is 34.8 Å². The normalized spacial score (nSPS) is 15.3. The quantitative estimate of drug-likeness (QED) is 0.650. The predicted molar refractivity (Wildman–Crippen MR) is 119 cm³/mol. The van der Waals surface area contributed by atoms with Gasteiger partial charge < -0.3 is 10.1 Å². The Morgan fingerprint density at radius 3 is 2.17 bits per heavy atom. The van der Waals surface area contributed by atoms with Crippen LogP contribution in [0.2, 0.25) is 15.1 Å². The Balaban J connectivity index is 1.45. The molecule has 1 saturated heterocycles. The molecule has 0 radical (unpaired) electrons. The number of benzene rings is 2. The molecule has 0 aliphatic carbocycles. The van der Waals surface area contributed by atoms with Gasteiger partial charge in [0.15, 0.2) is 0 Å². The van der Waals surface area contributed by atoms with E-state index >= 15 is 0 Å². The van der Waals surface area contributed by atoms with E-state index in [1.54, 1.807) is 12.1 Å². The lowest BCUT2D eigenvalue weighted by Gasteiger charge is -2.34. The molecular weight excluding hydrogens is 433 g/mol. The van der Waals surface area contributed by atoms with Crippen molar-refractivity contribution in [2.24, 2.45) is 0 Å². The van der Waals surface area contributed by atoms with E-state index < -0.39 is 0 Å². The highest BCUT2D eigenvalue weighted by atomic mass is 35.5. The monoisotopic (exact) mass is 455 g/mol. The number of carbonyl (C=O) groups is 1. The van der Waals surface area contributed by atoms with Gasteiger partial charge in [-0.1, -0.05) is 46.9 Å². The molecule has 0 aromatic heterocycles. The maximum absolute atomic E-state index is 12.4. The first-order chi connectivity index (χ1) is 13.9. The molecule has 1 N–H and O–H groups in total. The molecule has 0 spiro atoms. The smallest absolute Gasteiger partial charge is 0.238 e. The van der Waals surface area contributed by atoms with E-state index in [2.05, 4.69) is 27.2 Å². The van der Waals surface area contributed by atoms with Crippen LogP contribution in [0.5, 0.6) is 5.75 Å². The number of hydrogen-bond donors (Lipinski definition) is 1. The third kappa shape index (κ3) is 6.49. The second-order valence-electron chi connectivity index (χ2n) is 6.92. The zero-order chi connectivity index (χ0) is 20.8. The third-order valence-corrected chi connectivity index (χ3v) is 5.56. The summed E-state index contributed by atoms with van der Waals surface area (Å²) in [6.45, 7) is 7.30. The van der Waals surface area contributed by atoms with Crippen molar-refractivity contribution >= 4 is 46.4 Å². The van der Waals surface area contributed by atoms with E-state index in [0.717, 1.165) is 38.5 Å². The number of carbonyl (C=O) groups excluding carboxylic acids is 1. The van der Waals surface area contributed by atoms with Crippen LogP contribution in [0.4, 0.5) is 5.69 Å². The Morgan fingerprint density at radius 1 is 1.00 bits per heavy atom. The number of ether oxygens (including phenoxy) is 1. The summed E-state index contributed by atoms with van der Waals surface area (Å²) < 4.78 is 5.48. The molecule has 0 atom stereocenters. The number of hydrogen-bond acceptors (Lipinski definition) is 4. The standard InChI is InChI=1S/C21H24Cl3N3O2/c1-2-29-17-5-3-15(4-6-17)13-26-7-9-27(10-8-26)14-20(28)25-21-18(23)11-16(22)12-19(21)24/h3-6,11-12H,2,7-10,13-14H2,1H3,(H,25,28). The first-order valence-corrected chi connectivity index (χ1v) is 10.7. The van der Waals surface area contributed by atoms with E-state index in [1.807, 2.05) is 19.1 Å². The largest absolute Gasteiger partial charge is 0.494 e. The minimum Gasteiger partial charge on any atom is -0.494 e. The van der Waals surface area contributed by atoms with Gasteiger partial charge in [0.05, 0.1) is 28.9 Å². The van der Waals surface area contributed by atoms with Crippen molar-refractivity contribution in [3.8, 4) is 5.75 Å². The fourth-order valence-electron chi connectivity index (χ4n) is 3.27. The molecule has 1 heterocycles. The molecule has 3 rings (SSSR count). The Kier molecular flexibility index (Phi) is 8.04. The van der Waals surface area contributed by atoms with Gasteiger partial charge in [0.25, 0.3) is 0 Å². The molecule has 5 nitrogen and oxygen atoms in total. The van der Waals surface area contributed by atoms with Crippen molar-refractivity contribution in [2.45, 2.75) is 13.5 Å². The Labute approximate surface area is 186 Å². The van der Waals surface area contributed by atoms with E-state index in [9.17, 15) is 4.79 Å². The topological polar surface area (TPSA) is 44.8 Å². The molecule has 8 heteroatoms. The lowest BCUT2D eigenvalue weighted by atomic mass is 10.2. The van der Waals surface area contributed by atoms with Crippen LogP contribution in [-0.2, 0) is 11.3 Å². The summed E-state index contributed by atoms with van der Waals surface area (Å²) >= 11 is 18.2. The predicted octanol–water partition coefficient (Wildman–Crippen LogP) is 4.80. The average Bonchev–Trinajstić information content (AvgIpc) is 2.68. The highest BCUT2D eigenvalue weighted by molar-refractivity contribution is 6.42.